The van der Waals surface area contributed by atoms with E-state index in [0.717, 1.165) is 0 Å². The lowest BCUT2D eigenvalue weighted by Crippen LogP contribution is -2.27. The highest BCUT2D eigenvalue weighted by atomic mass is 35.5. The average Bonchev–Trinajstić information content (AvgIpc) is 2.57. The molecule has 120 valence electrons. The van der Waals surface area contributed by atoms with E-state index in [-0.39, 0.29) is 11.8 Å². The van der Waals surface area contributed by atoms with Crippen molar-refractivity contribution in [2.75, 3.05) is 25.6 Å². The van der Waals surface area contributed by atoms with Crippen molar-refractivity contribution in [2.24, 2.45) is 0 Å². The van der Waals surface area contributed by atoms with Crippen molar-refractivity contribution in [3.63, 3.8) is 0 Å². The average molecular weight is 334 g/mol. The number of ether oxygens (including phenoxy) is 1. The van der Waals surface area contributed by atoms with Crippen molar-refractivity contribution in [1.82, 2.24) is 10.3 Å². The molecule has 0 spiro atoms. The predicted octanol–water partition coefficient (Wildman–Crippen LogP) is 2.36. The Kier molecular flexibility index (Phi) is 6.08. The molecule has 0 unspecified atom stereocenters. The van der Waals surface area contributed by atoms with Crippen LogP contribution >= 0.6 is 11.6 Å². The fourth-order valence-corrected chi connectivity index (χ4v) is 1.99. The van der Waals surface area contributed by atoms with Gasteiger partial charge in [0.15, 0.2) is 0 Å². The molecule has 0 atom stereocenters. The van der Waals surface area contributed by atoms with E-state index in [1.165, 1.54) is 12.3 Å². The number of benzene rings is 1. The minimum absolute atomic E-state index is 0.268. The van der Waals surface area contributed by atoms with Gasteiger partial charge < -0.3 is 15.4 Å². The van der Waals surface area contributed by atoms with Crippen LogP contribution in [-0.4, -0.2) is 37.1 Å². The number of nitrogens with one attached hydrogen (secondary N) is 2. The molecule has 1 aromatic carbocycles. The number of hydrogen-bond acceptors (Lipinski definition) is 4. The first-order valence-electron chi connectivity index (χ1n) is 6.90. The largest absolute Gasteiger partial charge is 0.383 e. The third-order valence-corrected chi connectivity index (χ3v) is 3.32. The van der Waals surface area contributed by atoms with Gasteiger partial charge in [0.1, 0.15) is 0 Å². The molecule has 1 heterocycles. The predicted molar refractivity (Wildman–Crippen MR) is 87.9 cm³/mol. The molecular formula is C16H16ClN3O3. The standard InChI is InChI=1S/C16H16ClN3O3/c1-23-8-7-19-15(21)11-4-5-13(17)14(9-11)20-16(22)12-3-2-6-18-10-12/h2-6,9-10H,7-8H2,1H3,(H,19,21)(H,20,22). The molecule has 0 bridgehead atoms. The van der Waals surface area contributed by atoms with Crippen molar-refractivity contribution in [3.05, 3.63) is 58.9 Å². The van der Waals surface area contributed by atoms with Crippen LogP contribution in [0.2, 0.25) is 5.02 Å². The van der Waals surface area contributed by atoms with Crippen LogP contribution in [0.25, 0.3) is 0 Å². The van der Waals surface area contributed by atoms with E-state index in [1.54, 1.807) is 37.6 Å². The molecule has 0 aliphatic carbocycles. The van der Waals surface area contributed by atoms with Crippen LogP contribution < -0.4 is 10.6 Å². The molecule has 6 nitrogen and oxygen atoms in total. The second kappa shape index (κ2) is 8.26. The zero-order valence-corrected chi connectivity index (χ0v) is 13.3. The van der Waals surface area contributed by atoms with Crippen molar-refractivity contribution >= 4 is 29.1 Å². The summed E-state index contributed by atoms with van der Waals surface area (Å²) < 4.78 is 4.87. The van der Waals surface area contributed by atoms with Crippen LogP contribution in [0.15, 0.2) is 42.7 Å². The fraction of sp³-hybridized carbons (Fsp3) is 0.188. The summed E-state index contributed by atoms with van der Waals surface area (Å²) in [5.74, 6) is -0.618. The summed E-state index contributed by atoms with van der Waals surface area (Å²) in [6.45, 7) is 0.819. The van der Waals surface area contributed by atoms with Crippen LogP contribution in [0.5, 0.6) is 0 Å². The van der Waals surface area contributed by atoms with Crippen molar-refractivity contribution in [1.29, 1.82) is 0 Å². The van der Waals surface area contributed by atoms with Gasteiger partial charge in [-0.25, -0.2) is 0 Å². The highest BCUT2D eigenvalue weighted by Gasteiger charge is 2.12. The summed E-state index contributed by atoms with van der Waals surface area (Å²) in [5, 5.41) is 5.72. The van der Waals surface area contributed by atoms with E-state index < -0.39 is 0 Å². The van der Waals surface area contributed by atoms with E-state index in [1.807, 2.05) is 0 Å². The second-order valence-corrected chi connectivity index (χ2v) is 5.05. The maximum atomic E-state index is 12.1. The molecule has 0 saturated heterocycles. The summed E-state index contributed by atoms with van der Waals surface area (Å²) in [6.07, 6.45) is 3.03. The number of halogens is 1. The van der Waals surface area contributed by atoms with Gasteiger partial charge in [-0.05, 0) is 30.3 Å². The number of carbonyl (C=O) groups excluding carboxylic acids is 2. The number of hydrogen-bond donors (Lipinski definition) is 2. The summed E-state index contributed by atoms with van der Waals surface area (Å²) >= 11 is 6.08. The number of rotatable bonds is 6. The Hall–Kier alpha value is -2.44. The Labute approximate surface area is 138 Å². The summed E-state index contributed by atoms with van der Waals surface area (Å²) in [7, 11) is 1.56. The molecule has 0 aliphatic heterocycles. The Morgan fingerprint density at radius 1 is 1.22 bits per heavy atom. The van der Waals surface area contributed by atoms with E-state index in [9.17, 15) is 9.59 Å². The van der Waals surface area contributed by atoms with Gasteiger partial charge in [-0.1, -0.05) is 11.6 Å². The number of pyridine rings is 1. The first kappa shape index (κ1) is 16.9. The minimum Gasteiger partial charge on any atom is -0.383 e. The van der Waals surface area contributed by atoms with Crippen LogP contribution in [-0.2, 0) is 4.74 Å². The molecule has 0 aliphatic rings. The SMILES string of the molecule is COCCNC(=O)c1ccc(Cl)c(NC(=O)c2cccnc2)c1. The van der Waals surface area contributed by atoms with Gasteiger partial charge >= 0.3 is 0 Å². The zero-order valence-electron chi connectivity index (χ0n) is 12.5. The van der Waals surface area contributed by atoms with Crippen molar-refractivity contribution in [2.45, 2.75) is 0 Å². The van der Waals surface area contributed by atoms with Crippen LogP contribution in [0, 0.1) is 0 Å². The third kappa shape index (κ3) is 4.77. The normalized spacial score (nSPS) is 10.2. The lowest BCUT2D eigenvalue weighted by atomic mass is 10.1. The van der Waals surface area contributed by atoms with Gasteiger partial charge in [0.2, 0.25) is 0 Å². The van der Waals surface area contributed by atoms with Crippen LogP contribution in [0.4, 0.5) is 5.69 Å². The van der Waals surface area contributed by atoms with E-state index in [0.29, 0.717) is 35.0 Å². The number of nitrogens with zero attached hydrogens (tertiary/aromatic N) is 1. The lowest BCUT2D eigenvalue weighted by Gasteiger charge is -2.10. The smallest absolute Gasteiger partial charge is 0.257 e. The summed E-state index contributed by atoms with van der Waals surface area (Å²) in [5.41, 5.74) is 1.16. The molecule has 1 aromatic heterocycles. The molecule has 23 heavy (non-hydrogen) atoms. The van der Waals surface area contributed by atoms with Gasteiger partial charge in [-0.15, -0.1) is 0 Å². The highest BCUT2D eigenvalue weighted by Crippen LogP contribution is 2.23. The molecule has 0 fully saturated rings. The Balaban J connectivity index is 2.11. The molecule has 7 heteroatoms. The van der Waals surface area contributed by atoms with Crippen molar-refractivity contribution < 1.29 is 14.3 Å². The summed E-state index contributed by atoms with van der Waals surface area (Å²) in [6, 6.07) is 7.97. The number of carbonyl (C=O) groups is 2. The highest BCUT2D eigenvalue weighted by molar-refractivity contribution is 6.34. The quantitative estimate of drug-likeness (QED) is 0.795. The third-order valence-electron chi connectivity index (χ3n) is 2.99. The van der Waals surface area contributed by atoms with E-state index in [2.05, 4.69) is 15.6 Å². The van der Waals surface area contributed by atoms with Gasteiger partial charge in [0, 0.05) is 31.6 Å². The monoisotopic (exact) mass is 333 g/mol. The fourth-order valence-electron chi connectivity index (χ4n) is 1.82. The first-order chi connectivity index (χ1) is 11.1. The number of anilines is 1. The lowest BCUT2D eigenvalue weighted by molar-refractivity contribution is 0.0936. The molecule has 2 rings (SSSR count). The molecule has 2 N–H and O–H groups in total. The topological polar surface area (TPSA) is 80.3 Å². The molecule has 0 saturated carbocycles. The van der Waals surface area contributed by atoms with Gasteiger partial charge in [0.25, 0.3) is 11.8 Å². The van der Waals surface area contributed by atoms with Gasteiger partial charge in [0.05, 0.1) is 22.9 Å². The van der Waals surface area contributed by atoms with Crippen molar-refractivity contribution in [3.8, 4) is 0 Å². The second-order valence-electron chi connectivity index (χ2n) is 4.64. The van der Waals surface area contributed by atoms with Crippen LogP contribution in [0.1, 0.15) is 20.7 Å². The van der Waals surface area contributed by atoms with E-state index >= 15 is 0 Å². The van der Waals surface area contributed by atoms with Gasteiger partial charge in [-0.2, -0.15) is 0 Å². The summed E-state index contributed by atoms with van der Waals surface area (Å²) in [4.78, 5) is 28.0. The maximum absolute atomic E-state index is 12.1. The Bertz CT molecular complexity index is 692. The first-order valence-corrected chi connectivity index (χ1v) is 7.27. The molecular weight excluding hydrogens is 318 g/mol. The molecule has 0 radical (unpaired) electrons. The maximum Gasteiger partial charge on any atom is 0.257 e. The Morgan fingerprint density at radius 2 is 2.04 bits per heavy atom. The zero-order chi connectivity index (χ0) is 16.7. The Morgan fingerprint density at radius 3 is 2.74 bits per heavy atom. The molecule has 2 amide bonds. The molecule has 2 aromatic rings. The number of aromatic nitrogens is 1. The number of methoxy groups -OCH3 is 1. The van der Waals surface area contributed by atoms with Crippen LogP contribution in [0.3, 0.4) is 0 Å². The number of amides is 2. The minimum atomic E-state index is -0.350. The van der Waals surface area contributed by atoms with Gasteiger partial charge in [-0.3, -0.25) is 14.6 Å². The van der Waals surface area contributed by atoms with E-state index in [4.69, 9.17) is 16.3 Å².